The molecule has 0 bridgehead atoms. The Labute approximate surface area is 128 Å². The number of benzene rings is 1. The summed E-state index contributed by atoms with van der Waals surface area (Å²) in [7, 11) is 0.859. The summed E-state index contributed by atoms with van der Waals surface area (Å²) in [4.78, 5) is 0. The topological polar surface area (TPSA) is 17.8 Å². The van der Waals surface area contributed by atoms with Crippen LogP contribution in [0.25, 0.3) is 11.3 Å². The highest BCUT2D eigenvalue weighted by molar-refractivity contribution is 5.70. The van der Waals surface area contributed by atoms with Gasteiger partial charge in [-0.1, -0.05) is 6.07 Å². The zero-order valence-electron chi connectivity index (χ0n) is 12.8. The van der Waals surface area contributed by atoms with Crippen LogP contribution in [0.15, 0.2) is 12.1 Å². The molecular weight excluding hydrogens is 322 g/mol. The molecule has 1 aromatic heterocycles. The molecule has 0 amide bonds. The number of nitrogens with zero attached hydrogens (tertiary/aromatic N) is 2. The van der Waals surface area contributed by atoms with E-state index < -0.39 is 29.3 Å². The first-order chi connectivity index (χ1) is 10.3. The van der Waals surface area contributed by atoms with E-state index in [0.717, 1.165) is 12.6 Å². The number of rotatable bonds is 1. The maximum atomic E-state index is 13.3. The molecule has 2 aromatic rings. The highest BCUT2D eigenvalue weighted by atomic mass is 19.4. The van der Waals surface area contributed by atoms with Gasteiger partial charge in [-0.15, -0.1) is 0 Å². The Balaban J connectivity index is 2.87. The highest BCUT2D eigenvalue weighted by Crippen LogP contribution is 2.45. The summed E-state index contributed by atoms with van der Waals surface area (Å²) in [6.07, 6.45) is -10.3. The van der Waals surface area contributed by atoms with Gasteiger partial charge in [0.05, 0.1) is 0 Å². The fraction of sp³-hybridized carbons (Fsp3) is 0.400. The van der Waals surface area contributed by atoms with Crippen LogP contribution in [0.2, 0.25) is 0 Å². The van der Waals surface area contributed by atoms with Crippen molar-refractivity contribution in [1.82, 2.24) is 9.78 Å². The van der Waals surface area contributed by atoms with Crippen LogP contribution in [-0.4, -0.2) is 9.78 Å². The summed E-state index contributed by atoms with van der Waals surface area (Å²) in [5.74, 6) is 0. The molecule has 0 saturated heterocycles. The van der Waals surface area contributed by atoms with Crippen LogP contribution in [0.5, 0.6) is 0 Å². The van der Waals surface area contributed by atoms with Crippen LogP contribution >= 0.6 is 0 Å². The lowest BCUT2D eigenvalue weighted by Gasteiger charge is -2.14. The summed E-state index contributed by atoms with van der Waals surface area (Å²) in [5.41, 5.74) is -2.24. The maximum Gasteiger partial charge on any atom is 0.433 e. The Bertz CT molecular complexity index is 753. The van der Waals surface area contributed by atoms with E-state index in [-0.39, 0.29) is 10.2 Å². The van der Waals surface area contributed by atoms with Gasteiger partial charge in [0.25, 0.3) is 0 Å². The van der Waals surface area contributed by atoms with Crippen molar-refractivity contribution in [3.63, 3.8) is 0 Å². The SMILES string of the molecule is Cc1cc(C)c(-c2nn(C)c(C(F)(F)F)c2C(F)(F)F)cc1C. The maximum absolute atomic E-state index is 13.3. The summed E-state index contributed by atoms with van der Waals surface area (Å²) in [6.45, 7) is 5.00. The van der Waals surface area contributed by atoms with Gasteiger partial charge in [0, 0.05) is 12.6 Å². The monoisotopic (exact) mass is 336 g/mol. The molecule has 0 N–H and O–H groups in total. The van der Waals surface area contributed by atoms with Crippen molar-refractivity contribution in [3.05, 3.63) is 40.1 Å². The van der Waals surface area contributed by atoms with E-state index in [1.807, 2.05) is 0 Å². The Kier molecular flexibility index (Phi) is 3.99. The standard InChI is InChI=1S/C15H14F6N2/c1-7-5-9(3)10(6-8(7)2)12-11(14(16,17)18)13(15(19,20)21)23(4)22-12/h5-6H,1-4H3. The first kappa shape index (κ1) is 17.4. The van der Waals surface area contributed by atoms with Crippen molar-refractivity contribution in [2.45, 2.75) is 33.1 Å². The van der Waals surface area contributed by atoms with Gasteiger partial charge in [0.15, 0.2) is 5.69 Å². The van der Waals surface area contributed by atoms with E-state index in [9.17, 15) is 26.3 Å². The van der Waals surface area contributed by atoms with Crippen molar-refractivity contribution >= 4 is 0 Å². The number of aryl methyl sites for hydroxylation is 4. The summed E-state index contributed by atoms with van der Waals surface area (Å²) < 4.78 is 79.3. The summed E-state index contributed by atoms with van der Waals surface area (Å²) in [5, 5.41) is 3.52. The van der Waals surface area contributed by atoms with E-state index in [2.05, 4.69) is 5.10 Å². The molecule has 0 radical (unpaired) electrons. The van der Waals surface area contributed by atoms with Gasteiger partial charge in [-0.3, -0.25) is 4.68 Å². The van der Waals surface area contributed by atoms with Gasteiger partial charge < -0.3 is 0 Å². The molecule has 0 fully saturated rings. The molecule has 126 valence electrons. The van der Waals surface area contributed by atoms with Crippen molar-refractivity contribution in [2.75, 3.05) is 0 Å². The lowest BCUT2D eigenvalue weighted by Crippen LogP contribution is -2.19. The third-order valence-corrected chi connectivity index (χ3v) is 3.70. The van der Waals surface area contributed by atoms with E-state index in [0.29, 0.717) is 11.1 Å². The van der Waals surface area contributed by atoms with Gasteiger partial charge >= 0.3 is 12.4 Å². The minimum absolute atomic E-state index is 0.0477. The largest absolute Gasteiger partial charge is 0.433 e. The molecule has 0 aliphatic rings. The number of hydrogen-bond donors (Lipinski definition) is 0. The first-order valence-corrected chi connectivity index (χ1v) is 6.63. The molecule has 1 heterocycles. The van der Waals surface area contributed by atoms with Crippen molar-refractivity contribution in [3.8, 4) is 11.3 Å². The van der Waals surface area contributed by atoms with Crippen LogP contribution < -0.4 is 0 Å². The Morgan fingerprint density at radius 2 is 1.35 bits per heavy atom. The summed E-state index contributed by atoms with van der Waals surface area (Å²) in [6, 6.07) is 3.06. The van der Waals surface area contributed by atoms with E-state index in [1.54, 1.807) is 26.8 Å². The predicted molar refractivity (Wildman–Crippen MR) is 72.9 cm³/mol. The zero-order valence-corrected chi connectivity index (χ0v) is 12.8. The average Bonchev–Trinajstić information content (AvgIpc) is 2.71. The minimum atomic E-state index is -5.17. The van der Waals surface area contributed by atoms with Gasteiger partial charge in [0.2, 0.25) is 0 Å². The average molecular weight is 336 g/mol. The second-order valence-corrected chi connectivity index (χ2v) is 5.44. The molecular formula is C15H14F6N2. The quantitative estimate of drug-likeness (QED) is 0.666. The van der Waals surface area contributed by atoms with E-state index >= 15 is 0 Å². The van der Waals surface area contributed by atoms with Crippen LogP contribution in [0.1, 0.15) is 27.9 Å². The van der Waals surface area contributed by atoms with Gasteiger partial charge in [-0.05, 0) is 43.5 Å². The fourth-order valence-electron chi connectivity index (χ4n) is 2.52. The molecule has 2 nitrogen and oxygen atoms in total. The Hall–Kier alpha value is -1.99. The third-order valence-electron chi connectivity index (χ3n) is 3.70. The van der Waals surface area contributed by atoms with Crippen molar-refractivity contribution < 1.29 is 26.3 Å². The number of halogens is 6. The molecule has 2 rings (SSSR count). The smallest absolute Gasteiger partial charge is 0.262 e. The molecule has 0 saturated carbocycles. The molecule has 0 aliphatic carbocycles. The lowest BCUT2D eigenvalue weighted by atomic mass is 9.96. The minimum Gasteiger partial charge on any atom is -0.262 e. The third kappa shape index (κ3) is 3.07. The molecule has 0 spiro atoms. The Morgan fingerprint density at radius 3 is 1.83 bits per heavy atom. The van der Waals surface area contributed by atoms with Gasteiger partial charge in [-0.25, -0.2) is 0 Å². The van der Waals surface area contributed by atoms with Gasteiger partial charge in [0.1, 0.15) is 11.3 Å². The number of hydrogen-bond acceptors (Lipinski definition) is 1. The van der Waals surface area contributed by atoms with Crippen molar-refractivity contribution in [2.24, 2.45) is 7.05 Å². The van der Waals surface area contributed by atoms with Crippen LogP contribution in [0.3, 0.4) is 0 Å². The second kappa shape index (κ2) is 5.28. The Morgan fingerprint density at radius 1 is 0.826 bits per heavy atom. The molecule has 1 aromatic carbocycles. The number of aromatic nitrogens is 2. The molecule has 0 unspecified atom stereocenters. The molecule has 0 atom stereocenters. The number of alkyl halides is 6. The van der Waals surface area contributed by atoms with Crippen molar-refractivity contribution in [1.29, 1.82) is 0 Å². The van der Waals surface area contributed by atoms with Crippen LogP contribution in [-0.2, 0) is 19.4 Å². The predicted octanol–water partition coefficient (Wildman–Crippen LogP) is 5.05. The summed E-state index contributed by atoms with van der Waals surface area (Å²) >= 11 is 0. The lowest BCUT2D eigenvalue weighted by molar-refractivity contribution is -0.165. The molecule has 8 heteroatoms. The van der Waals surface area contributed by atoms with Gasteiger partial charge in [-0.2, -0.15) is 31.4 Å². The molecule has 23 heavy (non-hydrogen) atoms. The van der Waals surface area contributed by atoms with E-state index in [4.69, 9.17) is 0 Å². The zero-order chi connectivity index (χ0) is 17.7. The second-order valence-electron chi connectivity index (χ2n) is 5.44. The van der Waals surface area contributed by atoms with Crippen LogP contribution in [0, 0.1) is 20.8 Å². The first-order valence-electron chi connectivity index (χ1n) is 6.63. The molecule has 0 aliphatic heterocycles. The fourth-order valence-corrected chi connectivity index (χ4v) is 2.52. The highest BCUT2D eigenvalue weighted by Gasteiger charge is 2.49. The van der Waals surface area contributed by atoms with E-state index in [1.165, 1.54) is 6.07 Å². The normalized spacial score (nSPS) is 12.8. The van der Waals surface area contributed by atoms with Crippen LogP contribution in [0.4, 0.5) is 26.3 Å².